The lowest BCUT2D eigenvalue weighted by Gasteiger charge is -2.33. The Balaban J connectivity index is 2.27. The molecule has 106 valence electrons. The minimum atomic E-state index is -1.08. The molecule has 1 aromatic rings. The predicted octanol–water partition coefficient (Wildman–Crippen LogP) is 1.53. The van der Waals surface area contributed by atoms with E-state index in [0.29, 0.717) is 0 Å². The summed E-state index contributed by atoms with van der Waals surface area (Å²) in [6.07, 6.45) is 0.900. The second kappa shape index (κ2) is 5.64. The average molecular weight is 277 g/mol. The van der Waals surface area contributed by atoms with Gasteiger partial charge < -0.3 is 14.9 Å². The number of fused-ring (bicyclic) bond motifs is 1. The SMILES string of the molecule is C=CCOC(=O)N1Cc2cc(O)ccc2C[C@@H]1C(=O)O. The van der Waals surface area contributed by atoms with E-state index in [-0.39, 0.29) is 25.3 Å². The average Bonchev–Trinajstić information content (AvgIpc) is 2.43. The number of carbonyl (C=O) groups is 2. The molecule has 0 aromatic heterocycles. The molecule has 0 fully saturated rings. The molecule has 0 spiro atoms. The molecule has 0 saturated heterocycles. The first-order valence-corrected chi connectivity index (χ1v) is 6.10. The lowest BCUT2D eigenvalue weighted by Crippen LogP contribution is -2.48. The Kier molecular flexibility index (Phi) is 3.93. The highest BCUT2D eigenvalue weighted by Gasteiger charge is 2.35. The summed E-state index contributed by atoms with van der Waals surface area (Å²) in [6, 6.07) is 3.74. The molecule has 1 aliphatic rings. The van der Waals surface area contributed by atoms with Gasteiger partial charge in [-0.25, -0.2) is 9.59 Å². The van der Waals surface area contributed by atoms with Crippen molar-refractivity contribution < 1.29 is 24.5 Å². The van der Waals surface area contributed by atoms with Gasteiger partial charge in [0.1, 0.15) is 18.4 Å². The topological polar surface area (TPSA) is 87.1 Å². The summed E-state index contributed by atoms with van der Waals surface area (Å²) < 4.78 is 4.90. The Bertz CT molecular complexity index is 554. The number of nitrogens with zero attached hydrogens (tertiary/aromatic N) is 1. The zero-order chi connectivity index (χ0) is 14.7. The molecule has 0 radical (unpaired) electrons. The summed E-state index contributed by atoms with van der Waals surface area (Å²) in [7, 11) is 0. The maximum absolute atomic E-state index is 11.9. The van der Waals surface area contributed by atoms with Crippen LogP contribution in [-0.2, 0) is 22.5 Å². The first kappa shape index (κ1) is 13.9. The number of carboxylic acid groups (broad SMARTS) is 1. The Hall–Kier alpha value is -2.50. The molecule has 6 nitrogen and oxygen atoms in total. The van der Waals surface area contributed by atoms with Crippen LogP contribution in [-0.4, -0.2) is 39.8 Å². The molecule has 0 bridgehead atoms. The molecule has 1 heterocycles. The molecular formula is C14H15NO5. The van der Waals surface area contributed by atoms with Crippen molar-refractivity contribution >= 4 is 12.1 Å². The van der Waals surface area contributed by atoms with E-state index in [9.17, 15) is 19.8 Å². The van der Waals surface area contributed by atoms with Crippen LogP contribution in [0.1, 0.15) is 11.1 Å². The number of hydrogen-bond donors (Lipinski definition) is 2. The van der Waals surface area contributed by atoms with Crippen molar-refractivity contribution in [1.29, 1.82) is 0 Å². The quantitative estimate of drug-likeness (QED) is 0.818. The summed E-state index contributed by atoms with van der Waals surface area (Å²) in [6.45, 7) is 3.55. The van der Waals surface area contributed by atoms with Crippen molar-refractivity contribution in [2.75, 3.05) is 6.61 Å². The minimum absolute atomic E-state index is 0.0224. The maximum Gasteiger partial charge on any atom is 0.411 e. The molecule has 20 heavy (non-hydrogen) atoms. The van der Waals surface area contributed by atoms with Crippen LogP contribution in [0.3, 0.4) is 0 Å². The first-order chi connectivity index (χ1) is 9.52. The van der Waals surface area contributed by atoms with Gasteiger partial charge in [0.2, 0.25) is 0 Å². The van der Waals surface area contributed by atoms with Crippen molar-refractivity contribution in [3.63, 3.8) is 0 Å². The summed E-state index contributed by atoms with van der Waals surface area (Å²) >= 11 is 0. The van der Waals surface area contributed by atoms with E-state index in [0.717, 1.165) is 16.0 Å². The van der Waals surface area contributed by atoms with E-state index in [4.69, 9.17) is 4.74 Å². The standard InChI is InChI=1S/C14H15NO5/c1-2-5-20-14(19)15-8-10-6-11(16)4-3-9(10)7-12(15)13(17)18/h2-4,6,12,16H,1,5,7-8H2,(H,17,18)/t12-/m1/s1. The lowest BCUT2D eigenvalue weighted by molar-refractivity contribution is -0.143. The molecule has 0 saturated carbocycles. The highest BCUT2D eigenvalue weighted by molar-refractivity contribution is 5.81. The minimum Gasteiger partial charge on any atom is -0.508 e. The largest absolute Gasteiger partial charge is 0.508 e. The predicted molar refractivity (Wildman–Crippen MR) is 70.3 cm³/mol. The highest BCUT2D eigenvalue weighted by atomic mass is 16.6. The van der Waals surface area contributed by atoms with Crippen molar-refractivity contribution in [2.24, 2.45) is 0 Å². The van der Waals surface area contributed by atoms with Crippen molar-refractivity contribution in [2.45, 2.75) is 19.0 Å². The van der Waals surface area contributed by atoms with Crippen LogP contribution in [0, 0.1) is 0 Å². The van der Waals surface area contributed by atoms with Crippen LogP contribution >= 0.6 is 0 Å². The van der Waals surface area contributed by atoms with Gasteiger partial charge in [0.15, 0.2) is 0 Å². The fraction of sp³-hybridized carbons (Fsp3) is 0.286. The summed E-state index contributed by atoms with van der Waals surface area (Å²) in [5, 5.41) is 18.7. The van der Waals surface area contributed by atoms with E-state index >= 15 is 0 Å². The van der Waals surface area contributed by atoms with E-state index < -0.39 is 18.1 Å². The van der Waals surface area contributed by atoms with Gasteiger partial charge >= 0.3 is 12.1 Å². The Morgan fingerprint density at radius 1 is 1.45 bits per heavy atom. The van der Waals surface area contributed by atoms with Gasteiger partial charge in [0.25, 0.3) is 0 Å². The van der Waals surface area contributed by atoms with Crippen LogP contribution < -0.4 is 0 Å². The van der Waals surface area contributed by atoms with Gasteiger partial charge in [-0.2, -0.15) is 0 Å². The van der Waals surface area contributed by atoms with E-state index in [1.807, 2.05) is 0 Å². The van der Waals surface area contributed by atoms with Gasteiger partial charge in [-0.1, -0.05) is 18.7 Å². The number of carboxylic acids is 1. The molecule has 0 aliphatic carbocycles. The Morgan fingerprint density at radius 3 is 2.85 bits per heavy atom. The summed E-state index contributed by atoms with van der Waals surface area (Å²) in [5.41, 5.74) is 1.53. The number of carbonyl (C=O) groups excluding carboxylic acids is 1. The zero-order valence-corrected chi connectivity index (χ0v) is 10.8. The number of hydrogen-bond acceptors (Lipinski definition) is 4. The van der Waals surface area contributed by atoms with Crippen LogP contribution in [0.15, 0.2) is 30.9 Å². The van der Waals surface area contributed by atoms with E-state index in [2.05, 4.69) is 6.58 Å². The monoisotopic (exact) mass is 277 g/mol. The van der Waals surface area contributed by atoms with E-state index in [1.54, 1.807) is 6.07 Å². The van der Waals surface area contributed by atoms with Crippen LogP contribution in [0.25, 0.3) is 0 Å². The molecule has 1 aliphatic heterocycles. The molecule has 0 unspecified atom stereocenters. The molecule has 1 amide bonds. The third-order valence-corrected chi connectivity index (χ3v) is 3.16. The zero-order valence-electron chi connectivity index (χ0n) is 10.8. The number of benzene rings is 1. The molecule has 1 aromatic carbocycles. The highest BCUT2D eigenvalue weighted by Crippen LogP contribution is 2.27. The Morgan fingerprint density at radius 2 is 2.20 bits per heavy atom. The van der Waals surface area contributed by atoms with Gasteiger partial charge in [-0.05, 0) is 23.3 Å². The third-order valence-electron chi connectivity index (χ3n) is 3.16. The third kappa shape index (κ3) is 2.74. The number of aliphatic carboxylic acids is 1. The van der Waals surface area contributed by atoms with Gasteiger partial charge in [-0.15, -0.1) is 0 Å². The molecular weight excluding hydrogens is 262 g/mol. The van der Waals surface area contributed by atoms with Crippen LogP contribution in [0.4, 0.5) is 4.79 Å². The fourth-order valence-electron chi connectivity index (χ4n) is 2.20. The first-order valence-electron chi connectivity index (χ1n) is 6.10. The van der Waals surface area contributed by atoms with Gasteiger partial charge in [-0.3, -0.25) is 4.90 Å². The van der Waals surface area contributed by atoms with E-state index in [1.165, 1.54) is 18.2 Å². The number of phenolic OH excluding ortho intramolecular Hbond substituents is 1. The lowest BCUT2D eigenvalue weighted by atomic mass is 9.94. The van der Waals surface area contributed by atoms with Gasteiger partial charge in [0.05, 0.1) is 6.54 Å². The summed E-state index contributed by atoms with van der Waals surface area (Å²) in [5.74, 6) is -1.00. The molecule has 1 atom stereocenters. The summed E-state index contributed by atoms with van der Waals surface area (Å²) in [4.78, 5) is 24.3. The van der Waals surface area contributed by atoms with Gasteiger partial charge in [0, 0.05) is 6.42 Å². The smallest absolute Gasteiger partial charge is 0.411 e. The van der Waals surface area contributed by atoms with Crippen molar-refractivity contribution in [1.82, 2.24) is 4.90 Å². The number of ether oxygens (including phenoxy) is 1. The number of rotatable bonds is 3. The van der Waals surface area contributed by atoms with Crippen molar-refractivity contribution in [3.05, 3.63) is 42.0 Å². The fourth-order valence-corrected chi connectivity index (χ4v) is 2.20. The van der Waals surface area contributed by atoms with Crippen LogP contribution in [0.2, 0.25) is 0 Å². The normalized spacial score (nSPS) is 17.2. The molecule has 2 N–H and O–H groups in total. The number of aromatic hydroxyl groups is 1. The molecule has 6 heteroatoms. The second-order valence-corrected chi connectivity index (χ2v) is 4.50. The maximum atomic E-state index is 11.9. The number of amides is 1. The molecule has 2 rings (SSSR count). The second-order valence-electron chi connectivity index (χ2n) is 4.50. The van der Waals surface area contributed by atoms with Crippen LogP contribution in [0.5, 0.6) is 5.75 Å². The number of phenols is 1. The Labute approximate surface area is 115 Å². The van der Waals surface area contributed by atoms with Crippen molar-refractivity contribution in [3.8, 4) is 5.75 Å².